The van der Waals surface area contributed by atoms with Crippen LogP contribution in [0.4, 0.5) is 0 Å². The summed E-state index contributed by atoms with van der Waals surface area (Å²) in [4.78, 5) is 19.3. The number of thioether (sulfide) groups is 1. The van der Waals surface area contributed by atoms with Crippen LogP contribution in [0.15, 0.2) is 70.8 Å². The van der Waals surface area contributed by atoms with Crippen molar-refractivity contribution in [2.45, 2.75) is 5.16 Å². The van der Waals surface area contributed by atoms with Gasteiger partial charge >= 0.3 is 5.97 Å². The first-order valence-corrected chi connectivity index (χ1v) is 9.95. The van der Waals surface area contributed by atoms with Gasteiger partial charge in [0.25, 0.3) is 0 Å². The van der Waals surface area contributed by atoms with E-state index in [0.717, 1.165) is 34.0 Å². The lowest BCUT2D eigenvalue weighted by molar-refractivity contribution is -0.133. The minimum absolute atomic E-state index is 0.0812. The largest absolute Gasteiger partial charge is 0.481 e. The van der Waals surface area contributed by atoms with E-state index in [1.165, 1.54) is 10.8 Å². The number of nitrogens with one attached hydrogen (secondary N) is 1. The highest BCUT2D eigenvalue weighted by molar-refractivity contribution is 7.99. The van der Waals surface area contributed by atoms with Crippen LogP contribution >= 0.6 is 11.8 Å². The molecular weight excluding hydrogens is 384 g/mol. The summed E-state index contributed by atoms with van der Waals surface area (Å²) in [6.45, 7) is 0. The van der Waals surface area contributed by atoms with E-state index in [0.29, 0.717) is 11.0 Å². The Bertz CT molecular complexity index is 1220. The molecule has 0 unspecified atom stereocenters. The number of rotatable bonds is 6. The van der Waals surface area contributed by atoms with Gasteiger partial charge in [0, 0.05) is 18.8 Å². The summed E-state index contributed by atoms with van der Waals surface area (Å²) in [6.07, 6.45) is 1.80. The fraction of sp³-hybridized carbons (Fsp3) is 0.0909. The number of aromatic amines is 1. The van der Waals surface area contributed by atoms with Crippen molar-refractivity contribution in [3.8, 4) is 22.5 Å². The number of H-pyrrole nitrogens is 1. The van der Waals surface area contributed by atoms with E-state index in [-0.39, 0.29) is 5.75 Å². The molecule has 0 saturated heterocycles. The van der Waals surface area contributed by atoms with E-state index < -0.39 is 5.97 Å². The molecule has 0 fully saturated rings. The normalized spacial score (nSPS) is 11.3. The summed E-state index contributed by atoms with van der Waals surface area (Å²) >= 11 is 1.08. The second-order valence-corrected chi connectivity index (χ2v) is 7.38. The number of aliphatic imine (C=N–C) groups is 1. The molecule has 0 bridgehead atoms. The molecule has 144 valence electrons. The molecule has 0 spiro atoms. The molecule has 3 aromatic carbocycles. The van der Waals surface area contributed by atoms with Crippen LogP contribution < -0.4 is 0 Å². The van der Waals surface area contributed by atoms with Gasteiger partial charge in [-0.25, -0.2) is 4.98 Å². The standard InChI is InChI=1S/C22H18N4O2S/c1-23-12-14-8-18(17-7-6-15-4-2-3-5-16(15)10-17)11-19(9-14)21-24-22(26-25-21)29-13-20(27)28/h2-12H,13H2,1H3,(H,27,28)(H,24,25,26). The number of aromatic nitrogens is 3. The first-order chi connectivity index (χ1) is 14.1. The molecule has 0 saturated carbocycles. The van der Waals surface area contributed by atoms with Crippen molar-refractivity contribution in [3.63, 3.8) is 0 Å². The van der Waals surface area contributed by atoms with Gasteiger partial charge in [-0.3, -0.25) is 14.9 Å². The molecule has 0 amide bonds. The zero-order chi connectivity index (χ0) is 20.2. The van der Waals surface area contributed by atoms with Gasteiger partial charge in [-0.2, -0.15) is 0 Å². The SMILES string of the molecule is CN=Cc1cc(-c2ccc3ccccc3c2)cc(-c2nc(SCC(=O)O)n[nH]2)c1. The molecular formula is C22H18N4O2S. The van der Waals surface area contributed by atoms with Gasteiger partial charge in [0.2, 0.25) is 5.16 Å². The van der Waals surface area contributed by atoms with Crippen LogP contribution in [0.5, 0.6) is 0 Å². The lowest BCUT2D eigenvalue weighted by Gasteiger charge is -2.08. The molecule has 0 aliphatic carbocycles. The van der Waals surface area contributed by atoms with Crippen LogP contribution in [0.2, 0.25) is 0 Å². The Morgan fingerprint density at radius 2 is 1.86 bits per heavy atom. The summed E-state index contributed by atoms with van der Waals surface area (Å²) in [6, 6.07) is 20.7. The predicted molar refractivity (Wildman–Crippen MR) is 117 cm³/mol. The fourth-order valence-electron chi connectivity index (χ4n) is 3.11. The van der Waals surface area contributed by atoms with Crippen molar-refractivity contribution in [1.82, 2.24) is 15.2 Å². The molecule has 1 aromatic heterocycles. The Hall–Kier alpha value is -3.45. The maximum Gasteiger partial charge on any atom is 0.313 e. The number of carboxylic acids is 1. The van der Waals surface area contributed by atoms with Gasteiger partial charge in [-0.05, 0) is 51.7 Å². The summed E-state index contributed by atoms with van der Waals surface area (Å²) in [5.41, 5.74) is 3.94. The molecule has 1 heterocycles. The van der Waals surface area contributed by atoms with Crippen molar-refractivity contribution >= 4 is 34.7 Å². The quantitative estimate of drug-likeness (QED) is 0.366. The van der Waals surface area contributed by atoms with Crippen LogP contribution in [0.25, 0.3) is 33.3 Å². The third kappa shape index (κ3) is 4.35. The molecule has 0 atom stereocenters. The molecule has 29 heavy (non-hydrogen) atoms. The maximum atomic E-state index is 10.8. The number of hydrogen-bond donors (Lipinski definition) is 2. The van der Waals surface area contributed by atoms with E-state index in [4.69, 9.17) is 5.11 Å². The van der Waals surface area contributed by atoms with E-state index in [9.17, 15) is 4.79 Å². The molecule has 4 aromatic rings. The summed E-state index contributed by atoms with van der Waals surface area (Å²) < 4.78 is 0. The average molecular weight is 402 g/mol. The number of carboxylic acid groups (broad SMARTS) is 1. The Morgan fingerprint density at radius 3 is 2.66 bits per heavy atom. The molecule has 2 N–H and O–H groups in total. The monoisotopic (exact) mass is 402 g/mol. The molecule has 6 nitrogen and oxygen atoms in total. The first-order valence-electron chi connectivity index (χ1n) is 8.96. The van der Waals surface area contributed by atoms with Gasteiger partial charge in [-0.1, -0.05) is 48.2 Å². The second kappa shape index (κ2) is 8.28. The Morgan fingerprint density at radius 1 is 1.07 bits per heavy atom. The highest BCUT2D eigenvalue weighted by Gasteiger charge is 2.11. The first kappa shape index (κ1) is 18.9. The minimum atomic E-state index is -0.902. The minimum Gasteiger partial charge on any atom is -0.481 e. The number of carbonyl (C=O) groups is 1. The van der Waals surface area contributed by atoms with Crippen LogP contribution in [-0.4, -0.2) is 45.3 Å². The zero-order valence-electron chi connectivity index (χ0n) is 15.7. The van der Waals surface area contributed by atoms with Gasteiger partial charge in [0.15, 0.2) is 5.82 Å². The smallest absolute Gasteiger partial charge is 0.313 e. The number of hydrogen-bond acceptors (Lipinski definition) is 5. The summed E-state index contributed by atoms with van der Waals surface area (Å²) in [7, 11) is 1.73. The molecule has 7 heteroatoms. The van der Waals surface area contributed by atoms with Crippen LogP contribution in [-0.2, 0) is 4.79 Å². The Balaban J connectivity index is 1.75. The Labute approximate surface area is 171 Å². The zero-order valence-corrected chi connectivity index (χ0v) is 16.5. The van der Waals surface area contributed by atoms with Crippen LogP contribution in [0, 0.1) is 0 Å². The lowest BCUT2D eigenvalue weighted by Crippen LogP contribution is -1.97. The van der Waals surface area contributed by atoms with E-state index >= 15 is 0 Å². The number of nitrogens with zero attached hydrogens (tertiary/aromatic N) is 3. The molecule has 0 aliphatic heterocycles. The maximum absolute atomic E-state index is 10.8. The van der Waals surface area contributed by atoms with Crippen molar-refractivity contribution in [3.05, 3.63) is 66.2 Å². The van der Waals surface area contributed by atoms with Gasteiger partial charge in [0.05, 0.1) is 5.75 Å². The topological polar surface area (TPSA) is 91.2 Å². The lowest BCUT2D eigenvalue weighted by atomic mass is 9.97. The van der Waals surface area contributed by atoms with E-state index in [2.05, 4.69) is 56.6 Å². The van der Waals surface area contributed by atoms with Gasteiger partial charge in [-0.15, -0.1) is 5.10 Å². The van der Waals surface area contributed by atoms with Gasteiger partial charge < -0.3 is 5.11 Å². The van der Waals surface area contributed by atoms with E-state index in [1.54, 1.807) is 13.3 Å². The third-order valence-corrected chi connectivity index (χ3v) is 5.21. The van der Waals surface area contributed by atoms with Crippen molar-refractivity contribution in [2.75, 3.05) is 12.8 Å². The highest BCUT2D eigenvalue weighted by Crippen LogP contribution is 2.29. The van der Waals surface area contributed by atoms with Crippen LogP contribution in [0.1, 0.15) is 5.56 Å². The number of benzene rings is 3. The van der Waals surface area contributed by atoms with Crippen molar-refractivity contribution in [2.24, 2.45) is 4.99 Å². The summed E-state index contributed by atoms with van der Waals surface area (Å²) in [5, 5.41) is 18.6. The Kier molecular flexibility index (Phi) is 5.39. The highest BCUT2D eigenvalue weighted by atomic mass is 32.2. The van der Waals surface area contributed by atoms with Gasteiger partial charge in [0.1, 0.15) is 0 Å². The molecule has 4 rings (SSSR count). The van der Waals surface area contributed by atoms with Crippen molar-refractivity contribution < 1.29 is 9.90 Å². The molecule has 0 aliphatic rings. The van der Waals surface area contributed by atoms with E-state index in [1.807, 2.05) is 24.3 Å². The number of aliphatic carboxylic acids is 1. The second-order valence-electron chi connectivity index (χ2n) is 6.44. The average Bonchev–Trinajstić information content (AvgIpc) is 3.21. The molecule has 0 radical (unpaired) electrons. The van der Waals surface area contributed by atoms with Crippen molar-refractivity contribution in [1.29, 1.82) is 0 Å². The fourth-order valence-corrected chi connectivity index (χ4v) is 3.63. The van der Waals surface area contributed by atoms with Crippen LogP contribution in [0.3, 0.4) is 0 Å². The number of fused-ring (bicyclic) bond motifs is 1. The summed E-state index contributed by atoms with van der Waals surface area (Å²) in [5.74, 6) is -0.394. The predicted octanol–water partition coefficient (Wildman–Crippen LogP) is 4.52. The third-order valence-electron chi connectivity index (χ3n) is 4.38.